The Labute approximate surface area is 185 Å². The Balaban J connectivity index is 1.72. The largest absolute Gasteiger partial charge is 0.494 e. The predicted octanol–water partition coefficient (Wildman–Crippen LogP) is 5.78. The van der Waals surface area contributed by atoms with Gasteiger partial charge in [-0.2, -0.15) is 0 Å². The van der Waals surface area contributed by atoms with Gasteiger partial charge >= 0.3 is 5.97 Å². The van der Waals surface area contributed by atoms with Gasteiger partial charge in [-0.25, -0.2) is 4.79 Å². The molecule has 0 atom stereocenters. The lowest BCUT2D eigenvalue weighted by Gasteiger charge is -2.13. The lowest BCUT2D eigenvalue weighted by Crippen LogP contribution is -2.01. The van der Waals surface area contributed by atoms with Gasteiger partial charge in [-0.05, 0) is 66.6 Å². The van der Waals surface area contributed by atoms with Crippen LogP contribution in [0.5, 0.6) is 17.2 Å². The highest BCUT2D eigenvalue weighted by atomic mass is 35.5. The molecule has 0 aliphatic carbocycles. The van der Waals surface area contributed by atoms with Gasteiger partial charge in [-0.1, -0.05) is 23.7 Å². The molecular formula is C24H22ClNO5. The van der Waals surface area contributed by atoms with E-state index in [0.29, 0.717) is 23.1 Å². The first-order valence-electron chi connectivity index (χ1n) is 9.59. The van der Waals surface area contributed by atoms with Crippen molar-refractivity contribution in [3.8, 4) is 17.2 Å². The van der Waals surface area contributed by atoms with Crippen molar-refractivity contribution in [2.45, 2.75) is 13.5 Å². The number of carboxylic acid groups (broad SMARTS) is 1. The van der Waals surface area contributed by atoms with E-state index in [1.165, 1.54) is 19.2 Å². The lowest BCUT2D eigenvalue weighted by atomic mass is 10.1. The van der Waals surface area contributed by atoms with Crippen LogP contribution in [0.15, 0.2) is 65.7 Å². The zero-order valence-corrected chi connectivity index (χ0v) is 17.9. The van der Waals surface area contributed by atoms with Crippen molar-refractivity contribution in [3.05, 3.63) is 82.4 Å². The van der Waals surface area contributed by atoms with Crippen LogP contribution in [0.25, 0.3) is 0 Å². The molecule has 160 valence electrons. The second-order valence-electron chi connectivity index (χ2n) is 6.51. The highest BCUT2D eigenvalue weighted by Gasteiger charge is 2.12. The van der Waals surface area contributed by atoms with Gasteiger partial charge < -0.3 is 19.3 Å². The zero-order chi connectivity index (χ0) is 22.2. The summed E-state index contributed by atoms with van der Waals surface area (Å²) in [5, 5.41) is 9.37. The summed E-state index contributed by atoms with van der Waals surface area (Å²) in [6.07, 6.45) is 1.69. The number of ether oxygens (including phenoxy) is 3. The Kier molecular flexibility index (Phi) is 7.51. The molecule has 0 spiro atoms. The molecule has 0 aromatic heterocycles. The molecule has 0 saturated carbocycles. The van der Waals surface area contributed by atoms with Crippen molar-refractivity contribution in [3.63, 3.8) is 0 Å². The molecule has 1 N–H and O–H groups in total. The summed E-state index contributed by atoms with van der Waals surface area (Å²) >= 11 is 6.42. The highest BCUT2D eigenvalue weighted by Crippen LogP contribution is 2.36. The normalized spacial score (nSPS) is 10.8. The maximum absolute atomic E-state index is 11.0. The van der Waals surface area contributed by atoms with Gasteiger partial charge in [0.1, 0.15) is 12.4 Å². The average molecular weight is 440 g/mol. The summed E-state index contributed by atoms with van der Waals surface area (Å²) in [5.74, 6) is 0.706. The van der Waals surface area contributed by atoms with E-state index < -0.39 is 5.97 Å². The van der Waals surface area contributed by atoms with Crippen LogP contribution in [0.3, 0.4) is 0 Å². The number of halogens is 1. The van der Waals surface area contributed by atoms with Crippen LogP contribution in [-0.2, 0) is 6.61 Å². The Morgan fingerprint density at radius 3 is 2.39 bits per heavy atom. The zero-order valence-electron chi connectivity index (χ0n) is 17.2. The van der Waals surface area contributed by atoms with Crippen molar-refractivity contribution in [1.29, 1.82) is 0 Å². The van der Waals surface area contributed by atoms with Gasteiger partial charge in [0.25, 0.3) is 0 Å². The van der Waals surface area contributed by atoms with E-state index in [-0.39, 0.29) is 12.2 Å². The monoisotopic (exact) mass is 439 g/mol. The van der Waals surface area contributed by atoms with Crippen LogP contribution < -0.4 is 14.2 Å². The number of nitrogens with zero attached hydrogens (tertiary/aromatic N) is 1. The Hall–Kier alpha value is -3.51. The SMILES string of the molecule is CCOc1ccc(N=Cc2cc(Cl)c(OCc3ccc(C(=O)O)cc3)c(OC)c2)cc1. The minimum absolute atomic E-state index is 0.218. The first-order valence-corrected chi connectivity index (χ1v) is 9.97. The first kappa shape index (κ1) is 22.2. The molecular weight excluding hydrogens is 418 g/mol. The number of hydrogen-bond acceptors (Lipinski definition) is 5. The van der Waals surface area contributed by atoms with E-state index in [4.69, 9.17) is 30.9 Å². The van der Waals surface area contributed by atoms with Crippen molar-refractivity contribution in [2.75, 3.05) is 13.7 Å². The van der Waals surface area contributed by atoms with Crippen LogP contribution in [-0.4, -0.2) is 31.0 Å². The fraction of sp³-hybridized carbons (Fsp3) is 0.167. The van der Waals surface area contributed by atoms with Crippen molar-refractivity contribution >= 4 is 29.5 Å². The van der Waals surface area contributed by atoms with Gasteiger partial charge in [0.15, 0.2) is 11.5 Å². The number of hydrogen-bond donors (Lipinski definition) is 1. The molecule has 0 amide bonds. The number of carboxylic acids is 1. The number of benzene rings is 3. The van der Waals surface area contributed by atoms with Gasteiger partial charge in [0.05, 0.1) is 30.0 Å². The van der Waals surface area contributed by atoms with E-state index in [1.54, 1.807) is 30.5 Å². The maximum Gasteiger partial charge on any atom is 0.335 e. The quantitative estimate of drug-likeness (QED) is 0.428. The fourth-order valence-electron chi connectivity index (χ4n) is 2.80. The number of aliphatic imine (C=N–C) groups is 1. The number of aromatic carboxylic acids is 1. The smallest absolute Gasteiger partial charge is 0.335 e. The van der Waals surface area contributed by atoms with Crippen LogP contribution in [0.1, 0.15) is 28.4 Å². The van der Waals surface area contributed by atoms with E-state index in [0.717, 1.165) is 22.6 Å². The molecule has 0 fully saturated rings. The van der Waals surface area contributed by atoms with Crippen LogP contribution in [0.4, 0.5) is 5.69 Å². The molecule has 31 heavy (non-hydrogen) atoms. The van der Waals surface area contributed by atoms with E-state index >= 15 is 0 Å². The van der Waals surface area contributed by atoms with Crippen molar-refractivity contribution in [2.24, 2.45) is 4.99 Å². The average Bonchev–Trinajstić information content (AvgIpc) is 2.78. The van der Waals surface area contributed by atoms with Crippen molar-refractivity contribution < 1.29 is 24.1 Å². The third-order valence-electron chi connectivity index (χ3n) is 4.35. The fourth-order valence-corrected chi connectivity index (χ4v) is 3.07. The molecule has 0 radical (unpaired) electrons. The topological polar surface area (TPSA) is 77.4 Å². The van der Waals surface area contributed by atoms with E-state index in [9.17, 15) is 4.79 Å². The lowest BCUT2D eigenvalue weighted by molar-refractivity contribution is 0.0697. The summed E-state index contributed by atoms with van der Waals surface area (Å²) in [7, 11) is 1.54. The van der Waals surface area contributed by atoms with Gasteiger partial charge in [0, 0.05) is 6.21 Å². The first-order chi connectivity index (χ1) is 15.0. The van der Waals surface area contributed by atoms with Gasteiger partial charge in [-0.3, -0.25) is 4.99 Å². The molecule has 6 nitrogen and oxygen atoms in total. The predicted molar refractivity (Wildman–Crippen MR) is 121 cm³/mol. The molecule has 3 aromatic carbocycles. The second-order valence-corrected chi connectivity index (χ2v) is 6.92. The maximum atomic E-state index is 11.0. The Bertz CT molecular complexity index is 1060. The highest BCUT2D eigenvalue weighted by molar-refractivity contribution is 6.32. The number of rotatable bonds is 9. The number of methoxy groups -OCH3 is 1. The minimum atomic E-state index is -0.973. The summed E-state index contributed by atoms with van der Waals surface area (Å²) in [6.45, 7) is 2.77. The molecule has 0 unspecified atom stereocenters. The molecule has 3 rings (SSSR count). The third-order valence-corrected chi connectivity index (χ3v) is 4.63. The van der Waals surface area contributed by atoms with Crippen LogP contribution in [0, 0.1) is 0 Å². The molecule has 0 heterocycles. The van der Waals surface area contributed by atoms with Crippen LogP contribution >= 0.6 is 11.6 Å². The summed E-state index contributed by atoms with van der Waals surface area (Å²) in [5.41, 5.74) is 2.57. The third kappa shape index (κ3) is 5.99. The van der Waals surface area contributed by atoms with E-state index in [1.807, 2.05) is 31.2 Å². The molecule has 0 saturated heterocycles. The standard InChI is InChI=1S/C24H22ClNO5/c1-3-30-20-10-8-19(9-11-20)26-14-17-12-21(25)23(22(13-17)29-2)31-15-16-4-6-18(7-5-16)24(27)28/h4-14H,3,15H2,1-2H3,(H,27,28). The van der Waals surface area contributed by atoms with Crippen molar-refractivity contribution in [1.82, 2.24) is 0 Å². The van der Waals surface area contributed by atoms with E-state index in [2.05, 4.69) is 4.99 Å². The summed E-state index contributed by atoms with van der Waals surface area (Å²) < 4.78 is 16.7. The molecule has 3 aromatic rings. The molecule has 0 aliphatic rings. The van der Waals surface area contributed by atoms with Gasteiger partial charge in [-0.15, -0.1) is 0 Å². The number of carbonyl (C=O) groups is 1. The molecule has 0 aliphatic heterocycles. The minimum Gasteiger partial charge on any atom is -0.494 e. The molecule has 0 bridgehead atoms. The second kappa shape index (κ2) is 10.5. The molecule has 7 heteroatoms. The Morgan fingerprint density at radius 1 is 1.06 bits per heavy atom. The summed E-state index contributed by atoms with van der Waals surface area (Å²) in [6, 6.07) is 17.4. The van der Waals surface area contributed by atoms with Gasteiger partial charge in [0.2, 0.25) is 0 Å². The van der Waals surface area contributed by atoms with Crippen LogP contribution in [0.2, 0.25) is 5.02 Å². The Morgan fingerprint density at radius 2 is 1.77 bits per heavy atom. The summed E-state index contributed by atoms with van der Waals surface area (Å²) in [4.78, 5) is 15.4.